The van der Waals surface area contributed by atoms with Gasteiger partial charge < -0.3 is 5.32 Å². The Bertz CT molecular complexity index is 863. The number of carbonyl (C=O) groups excluding carboxylic acids is 1. The number of halogens is 1. The van der Waals surface area contributed by atoms with E-state index in [0.717, 1.165) is 18.9 Å². The number of benzene rings is 1. The molecule has 29 heavy (non-hydrogen) atoms. The second kappa shape index (κ2) is 9.40. The molecule has 1 aromatic carbocycles. The van der Waals surface area contributed by atoms with Gasteiger partial charge in [-0.3, -0.25) is 14.9 Å². The van der Waals surface area contributed by atoms with E-state index in [9.17, 15) is 23.3 Å². The molecule has 3 rings (SSSR count). The van der Waals surface area contributed by atoms with Crippen molar-refractivity contribution in [3.05, 3.63) is 33.3 Å². The molecule has 2 aliphatic rings. The molecule has 0 atom stereocenters. The number of piperidine rings is 1. The second-order valence-electron chi connectivity index (χ2n) is 7.80. The average molecular weight is 444 g/mol. The molecule has 0 aromatic heterocycles. The molecule has 160 valence electrons. The molecular weight excluding hydrogens is 418 g/mol. The normalized spacial score (nSPS) is 19.8. The lowest BCUT2D eigenvalue weighted by molar-refractivity contribution is -0.384. The molecule has 8 nitrogen and oxygen atoms in total. The zero-order valence-corrected chi connectivity index (χ0v) is 17.8. The van der Waals surface area contributed by atoms with Crippen LogP contribution < -0.4 is 5.32 Å². The van der Waals surface area contributed by atoms with Gasteiger partial charge in [-0.05, 0) is 43.7 Å². The zero-order chi connectivity index (χ0) is 21.0. The lowest BCUT2D eigenvalue weighted by atomic mass is 9.89. The fraction of sp³-hybridized carbons (Fsp3) is 0.632. The Hall–Kier alpha value is -1.71. The number of nitrogens with zero attached hydrogens (tertiary/aromatic N) is 2. The molecule has 1 aliphatic carbocycles. The van der Waals surface area contributed by atoms with Crippen LogP contribution in [-0.4, -0.2) is 43.2 Å². The number of amides is 1. The zero-order valence-electron chi connectivity index (χ0n) is 16.2. The van der Waals surface area contributed by atoms with Crippen molar-refractivity contribution in [2.24, 2.45) is 11.8 Å². The van der Waals surface area contributed by atoms with Crippen molar-refractivity contribution in [3.63, 3.8) is 0 Å². The molecule has 0 bridgehead atoms. The molecule has 1 saturated carbocycles. The van der Waals surface area contributed by atoms with E-state index < -0.39 is 20.6 Å². The first-order valence-electron chi connectivity index (χ1n) is 10.0. The quantitative estimate of drug-likeness (QED) is 0.535. The summed E-state index contributed by atoms with van der Waals surface area (Å²) in [7, 11) is -3.87. The van der Waals surface area contributed by atoms with Crippen LogP contribution in [0.15, 0.2) is 23.1 Å². The molecule has 0 unspecified atom stereocenters. The van der Waals surface area contributed by atoms with E-state index in [1.54, 1.807) is 0 Å². The summed E-state index contributed by atoms with van der Waals surface area (Å²) in [5, 5.41) is 14.0. The molecule has 1 saturated heterocycles. The largest absolute Gasteiger partial charge is 0.356 e. The van der Waals surface area contributed by atoms with Crippen LogP contribution in [0.3, 0.4) is 0 Å². The third kappa shape index (κ3) is 5.26. The van der Waals surface area contributed by atoms with Crippen molar-refractivity contribution in [2.75, 3.05) is 19.6 Å². The third-order valence-electron chi connectivity index (χ3n) is 5.87. The Labute approximate surface area is 175 Å². The fourth-order valence-corrected chi connectivity index (χ4v) is 5.76. The first-order chi connectivity index (χ1) is 13.8. The molecule has 0 spiro atoms. The number of nitro groups is 1. The van der Waals surface area contributed by atoms with E-state index in [1.807, 2.05) is 0 Å². The number of nitrogens with one attached hydrogen (secondary N) is 1. The van der Waals surface area contributed by atoms with Crippen molar-refractivity contribution in [1.29, 1.82) is 0 Å². The Morgan fingerprint density at radius 3 is 2.45 bits per heavy atom. The highest BCUT2D eigenvalue weighted by molar-refractivity contribution is 7.89. The van der Waals surface area contributed by atoms with E-state index in [0.29, 0.717) is 25.3 Å². The first-order valence-corrected chi connectivity index (χ1v) is 11.8. The molecular formula is C19H26ClN3O5S. The van der Waals surface area contributed by atoms with Crippen LogP contribution in [0.2, 0.25) is 5.02 Å². The molecule has 1 heterocycles. The number of sulfonamides is 1. The first kappa shape index (κ1) is 22.0. The summed E-state index contributed by atoms with van der Waals surface area (Å²) >= 11 is 5.77. The minimum absolute atomic E-state index is 0.00486. The predicted octanol–water partition coefficient (Wildman–Crippen LogP) is 3.35. The van der Waals surface area contributed by atoms with Crippen LogP contribution in [-0.2, 0) is 14.8 Å². The van der Waals surface area contributed by atoms with E-state index in [2.05, 4.69) is 5.32 Å². The van der Waals surface area contributed by atoms with Gasteiger partial charge in [0.15, 0.2) is 0 Å². The van der Waals surface area contributed by atoms with Gasteiger partial charge in [0.25, 0.3) is 5.69 Å². The van der Waals surface area contributed by atoms with E-state index in [1.165, 1.54) is 35.7 Å². The Balaban J connectivity index is 1.57. The Morgan fingerprint density at radius 1 is 1.17 bits per heavy atom. The van der Waals surface area contributed by atoms with Gasteiger partial charge in [0.2, 0.25) is 15.9 Å². The lowest BCUT2D eigenvalue weighted by Gasteiger charge is -2.31. The van der Waals surface area contributed by atoms with Gasteiger partial charge in [0, 0.05) is 31.6 Å². The number of hydrogen-bond acceptors (Lipinski definition) is 5. The van der Waals surface area contributed by atoms with Crippen LogP contribution in [0.5, 0.6) is 0 Å². The predicted molar refractivity (Wildman–Crippen MR) is 109 cm³/mol. The maximum atomic E-state index is 12.8. The maximum Gasteiger partial charge on any atom is 0.289 e. The van der Waals surface area contributed by atoms with Gasteiger partial charge in [-0.15, -0.1) is 0 Å². The number of carbonyl (C=O) groups is 1. The Kier molecular flexibility index (Phi) is 7.13. The van der Waals surface area contributed by atoms with Gasteiger partial charge in [-0.25, -0.2) is 8.42 Å². The van der Waals surface area contributed by atoms with Crippen LogP contribution in [0.25, 0.3) is 0 Å². The van der Waals surface area contributed by atoms with E-state index >= 15 is 0 Å². The monoisotopic (exact) mass is 443 g/mol. The molecule has 10 heteroatoms. The van der Waals surface area contributed by atoms with Gasteiger partial charge in [0.1, 0.15) is 5.02 Å². The average Bonchev–Trinajstić information content (AvgIpc) is 2.72. The summed E-state index contributed by atoms with van der Waals surface area (Å²) in [5.41, 5.74) is -0.440. The topological polar surface area (TPSA) is 110 Å². The van der Waals surface area contributed by atoms with Gasteiger partial charge in [-0.2, -0.15) is 4.31 Å². The molecule has 1 N–H and O–H groups in total. The molecule has 1 amide bonds. The van der Waals surface area contributed by atoms with Crippen LogP contribution in [0, 0.1) is 22.0 Å². The SMILES string of the molecule is O=C(NCC1CCCCC1)C1CCN(S(=O)(=O)c2ccc(Cl)c([N+](=O)[O-])c2)CC1. The lowest BCUT2D eigenvalue weighted by Crippen LogP contribution is -2.43. The summed E-state index contributed by atoms with van der Waals surface area (Å²) in [6.07, 6.45) is 6.90. The van der Waals surface area contributed by atoms with Crippen LogP contribution in [0.1, 0.15) is 44.9 Å². The third-order valence-corrected chi connectivity index (χ3v) is 8.08. The Morgan fingerprint density at radius 2 is 1.83 bits per heavy atom. The van der Waals surface area contributed by atoms with Crippen molar-refractivity contribution in [2.45, 2.75) is 49.8 Å². The van der Waals surface area contributed by atoms with Crippen LogP contribution in [0.4, 0.5) is 5.69 Å². The smallest absolute Gasteiger partial charge is 0.289 e. The minimum Gasteiger partial charge on any atom is -0.356 e. The summed E-state index contributed by atoms with van der Waals surface area (Å²) < 4.78 is 27.0. The number of rotatable bonds is 6. The summed E-state index contributed by atoms with van der Waals surface area (Å²) in [6, 6.07) is 3.48. The van der Waals surface area contributed by atoms with Gasteiger partial charge in [-0.1, -0.05) is 30.9 Å². The fourth-order valence-electron chi connectivity index (χ4n) is 4.08. The molecule has 2 fully saturated rings. The summed E-state index contributed by atoms with van der Waals surface area (Å²) in [5.74, 6) is 0.341. The highest BCUT2D eigenvalue weighted by Crippen LogP contribution is 2.30. The van der Waals surface area contributed by atoms with Crippen molar-refractivity contribution >= 4 is 33.2 Å². The van der Waals surface area contributed by atoms with Gasteiger partial charge in [0.05, 0.1) is 9.82 Å². The molecule has 1 aromatic rings. The molecule has 1 aliphatic heterocycles. The summed E-state index contributed by atoms with van der Waals surface area (Å²) in [6.45, 7) is 1.12. The molecule has 0 radical (unpaired) electrons. The van der Waals surface area contributed by atoms with Crippen molar-refractivity contribution in [1.82, 2.24) is 9.62 Å². The minimum atomic E-state index is -3.87. The highest BCUT2D eigenvalue weighted by Gasteiger charge is 2.33. The number of hydrogen-bond donors (Lipinski definition) is 1. The van der Waals surface area contributed by atoms with E-state index in [-0.39, 0.29) is 34.8 Å². The highest BCUT2D eigenvalue weighted by atomic mass is 35.5. The van der Waals surface area contributed by atoms with Crippen molar-refractivity contribution < 1.29 is 18.1 Å². The number of nitro benzene ring substituents is 1. The summed E-state index contributed by atoms with van der Waals surface area (Å²) in [4.78, 5) is 22.6. The van der Waals surface area contributed by atoms with Crippen molar-refractivity contribution in [3.8, 4) is 0 Å². The van der Waals surface area contributed by atoms with E-state index in [4.69, 9.17) is 11.6 Å². The standard InChI is InChI=1S/C19H26ClN3O5S/c20-17-7-6-16(12-18(17)23(25)26)29(27,28)22-10-8-15(9-11-22)19(24)21-13-14-4-2-1-3-5-14/h6-7,12,14-15H,1-5,8-11,13H2,(H,21,24). The van der Waals surface area contributed by atoms with Crippen LogP contribution >= 0.6 is 11.6 Å². The maximum absolute atomic E-state index is 12.8. The second-order valence-corrected chi connectivity index (χ2v) is 10.1. The van der Waals surface area contributed by atoms with Gasteiger partial charge >= 0.3 is 0 Å².